The third-order valence-electron chi connectivity index (χ3n) is 6.07. The van der Waals surface area contributed by atoms with E-state index < -0.39 is 11.7 Å². The summed E-state index contributed by atoms with van der Waals surface area (Å²) in [5, 5.41) is 0. The van der Waals surface area contributed by atoms with E-state index in [9.17, 15) is 22.8 Å². The molecule has 0 amide bonds. The van der Waals surface area contributed by atoms with Gasteiger partial charge in [-0.1, -0.05) is 44.2 Å². The fourth-order valence-corrected chi connectivity index (χ4v) is 4.24. The van der Waals surface area contributed by atoms with Gasteiger partial charge in [0.1, 0.15) is 11.5 Å². The van der Waals surface area contributed by atoms with Crippen molar-refractivity contribution in [2.75, 3.05) is 6.61 Å². The molecule has 0 radical (unpaired) electrons. The van der Waals surface area contributed by atoms with Crippen molar-refractivity contribution in [1.82, 2.24) is 0 Å². The van der Waals surface area contributed by atoms with Crippen molar-refractivity contribution < 1.29 is 32.2 Å². The van der Waals surface area contributed by atoms with Crippen molar-refractivity contribution in [3.63, 3.8) is 0 Å². The van der Waals surface area contributed by atoms with Gasteiger partial charge in [-0.15, -0.1) is 0 Å². The topological polar surface area (TPSA) is 52.6 Å². The summed E-state index contributed by atoms with van der Waals surface area (Å²) in [6, 6.07) is 4.87. The summed E-state index contributed by atoms with van der Waals surface area (Å²) in [6.07, 6.45) is 6.65. The molecule has 0 aliphatic heterocycles. The lowest BCUT2D eigenvalue weighted by atomic mass is 9.86. The van der Waals surface area contributed by atoms with Gasteiger partial charge in [0.2, 0.25) is 0 Å². The molecule has 2 rings (SSSR count). The van der Waals surface area contributed by atoms with E-state index in [2.05, 4.69) is 13.0 Å². The Hall–Kier alpha value is -2.57. The zero-order valence-electron chi connectivity index (χ0n) is 21.0. The number of carbonyl (C=O) groups excluding carboxylic acids is 2. The highest BCUT2D eigenvalue weighted by Crippen LogP contribution is 2.38. The SMILES string of the molecule is CC(/C=C/[C@H]1C(C)CC(=O)[C@@H]1C/C=C\CCCC(=O)OC(C)C)COc1cccc(C(F)(F)F)c1. The van der Waals surface area contributed by atoms with Crippen molar-refractivity contribution >= 4 is 11.8 Å². The van der Waals surface area contributed by atoms with E-state index >= 15 is 0 Å². The van der Waals surface area contributed by atoms with Crippen LogP contribution in [0.2, 0.25) is 0 Å². The van der Waals surface area contributed by atoms with E-state index in [1.807, 2.05) is 39.0 Å². The standard InChI is InChI=1S/C28H37F3O4/c1-19(2)35-27(33)13-8-6-5-7-12-25-24(21(4)16-26(25)32)15-14-20(3)18-34-23-11-9-10-22(17-23)28(29,30)31/h5,7,9-11,14-15,17,19-21,24-25H,6,8,12-13,16,18H2,1-4H3/b7-5-,15-14+/t20?,21?,24-,25+/m0/s1. The molecule has 1 aromatic carbocycles. The Morgan fingerprint density at radius 2 is 1.94 bits per heavy atom. The Kier molecular flexibility index (Phi) is 11.1. The van der Waals surface area contributed by atoms with Gasteiger partial charge in [-0.25, -0.2) is 0 Å². The number of hydrogen-bond acceptors (Lipinski definition) is 4. The molecule has 0 N–H and O–H groups in total. The molecule has 1 saturated carbocycles. The van der Waals surface area contributed by atoms with Gasteiger partial charge in [0.25, 0.3) is 0 Å². The van der Waals surface area contributed by atoms with Crippen molar-refractivity contribution in [2.45, 2.75) is 72.1 Å². The normalized spacial score (nSPS) is 21.8. The van der Waals surface area contributed by atoms with Crippen LogP contribution in [0.1, 0.15) is 65.4 Å². The fourth-order valence-electron chi connectivity index (χ4n) is 4.24. The van der Waals surface area contributed by atoms with Crippen LogP contribution in [0.25, 0.3) is 0 Å². The van der Waals surface area contributed by atoms with Gasteiger partial charge in [-0.3, -0.25) is 9.59 Å². The van der Waals surface area contributed by atoms with Crippen LogP contribution in [0.5, 0.6) is 5.75 Å². The first-order chi connectivity index (χ1) is 16.5. The number of unbranched alkanes of at least 4 members (excludes halogenated alkanes) is 1. The zero-order valence-corrected chi connectivity index (χ0v) is 21.0. The Morgan fingerprint density at radius 3 is 2.63 bits per heavy atom. The number of halogens is 3. The van der Waals surface area contributed by atoms with Crippen LogP contribution >= 0.6 is 0 Å². The number of esters is 1. The number of benzene rings is 1. The molecule has 4 nitrogen and oxygen atoms in total. The molecule has 0 saturated heterocycles. The highest BCUT2D eigenvalue weighted by atomic mass is 19.4. The number of rotatable bonds is 12. The lowest BCUT2D eigenvalue weighted by Gasteiger charge is -2.18. The molecule has 0 spiro atoms. The quantitative estimate of drug-likeness (QED) is 0.175. The number of ether oxygens (including phenoxy) is 2. The number of allylic oxidation sites excluding steroid dienone is 3. The van der Waals surface area contributed by atoms with E-state index in [-0.39, 0.29) is 53.9 Å². The summed E-state index contributed by atoms with van der Waals surface area (Å²) in [6.45, 7) is 7.90. The minimum atomic E-state index is -4.40. The molecule has 4 atom stereocenters. The summed E-state index contributed by atoms with van der Waals surface area (Å²) >= 11 is 0. The second kappa shape index (κ2) is 13.5. The van der Waals surface area contributed by atoms with E-state index in [1.165, 1.54) is 12.1 Å². The molecule has 2 unspecified atom stereocenters. The molecular formula is C28H37F3O4. The second-order valence-corrected chi connectivity index (χ2v) is 9.67. The molecule has 1 aromatic rings. The van der Waals surface area contributed by atoms with Gasteiger partial charge in [0.15, 0.2) is 0 Å². The van der Waals surface area contributed by atoms with E-state index in [4.69, 9.17) is 9.47 Å². The second-order valence-electron chi connectivity index (χ2n) is 9.67. The van der Waals surface area contributed by atoms with Crippen molar-refractivity contribution in [3.8, 4) is 5.75 Å². The van der Waals surface area contributed by atoms with Crippen LogP contribution < -0.4 is 4.74 Å². The highest BCUT2D eigenvalue weighted by Gasteiger charge is 2.37. The molecular weight excluding hydrogens is 457 g/mol. The summed E-state index contributed by atoms with van der Waals surface area (Å²) in [5.41, 5.74) is -0.733. The molecule has 1 fully saturated rings. The largest absolute Gasteiger partial charge is 0.493 e. The first-order valence-electron chi connectivity index (χ1n) is 12.3. The minimum absolute atomic E-state index is 0.0192. The molecule has 0 aromatic heterocycles. The maximum atomic E-state index is 12.9. The van der Waals surface area contributed by atoms with Crippen molar-refractivity contribution in [3.05, 3.63) is 54.1 Å². The Morgan fingerprint density at radius 1 is 1.20 bits per heavy atom. The summed E-state index contributed by atoms with van der Waals surface area (Å²) < 4.78 is 49.3. The molecule has 7 heteroatoms. The van der Waals surface area contributed by atoms with Gasteiger partial charge >= 0.3 is 12.1 Å². The average Bonchev–Trinajstić information content (AvgIpc) is 3.04. The van der Waals surface area contributed by atoms with E-state index in [1.54, 1.807) is 0 Å². The number of hydrogen-bond donors (Lipinski definition) is 0. The summed E-state index contributed by atoms with van der Waals surface area (Å²) in [5.74, 6) is 0.498. The van der Waals surface area contributed by atoms with Gasteiger partial charge < -0.3 is 9.47 Å². The molecule has 1 aliphatic rings. The Bertz CT molecular complexity index is 888. The first-order valence-corrected chi connectivity index (χ1v) is 12.3. The molecule has 0 heterocycles. The van der Waals surface area contributed by atoms with Crippen LogP contribution in [0, 0.1) is 23.7 Å². The van der Waals surface area contributed by atoms with E-state index in [0.717, 1.165) is 18.6 Å². The predicted octanol–water partition coefficient (Wildman–Crippen LogP) is 7.19. The monoisotopic (exact) mass is 494 g/mol. The number of carbonyl (C=O) groups is 2. The van der Waals surface area contributed by atoms with Crippen LogP contribution in [0.15, 0.2) is 48.6 Å². The maximum Gasteiger partial charge on any atom is 0.416 e. The van der Waals surface area contributed by atoms with Gasteiger partial charge in [-0.2, -0.15) is 13.2 Å². The zero-order chi connectivity index (χ0) is 26.0. The average molecular weight is 495 g/mol. The minimum Gasteiger partial charge on any atom is -0.493 e. The maximum absolute atomic E-state index is 12.9. The summed E-state index contributed by atoms with van der Waals surface area (Å²) in [4.78, 5) is 24.1. The molecule has 35 heavy (non-hydrogen) atoms. The van der Waals surface area contributed by atoms with Crippen LogP contribution in [0.3, 0.4) is 0 Å². The first kappa shape index (κ1) is 28.7. The predicted molar refractivity (Wildman–Crippen MR) is 130 cm³/mol. The number of alkyl halides is 3. The Balaban J connectivity index is 1.83. The lowest BCUT2D eigenvalue weighted by Crippen LogP contribution is -2.15. The van der Waals surface area contributed by atoms with Crippen molar-refractivity contribution in [1.29, 1.82) is 0 Å². The molecule has 1 aliphatic carbocycles. The van der Waals surface area contributed by atoms with Gasteiger partial charge in [0.05, 0.1) is 18.3 Å². The number of ketones is 1. The molecule has 0 bridgehead atoms. The summed E-state index contributed by atoms with van der Waals surface area (Å²) in [7, 11) is 0. The smallest absolute Gasteiger partial charge is 0.416 e. The van der Waals surface area contributed by atoms with Crippen LogP contribution in [0.4, 0.5) is 13.2 Å². The third kappa shape index (κ3) is 9.90. The van der Waals surface area contributed by atoms with Crippen LogP contribution in [-0.4, -0.2) is 24.5 Å². The lowest BCUT2D eigenvalue weighted by molar-refractivity contribution is -0.147. The van der Waals surface area contributed by atoms with E-state index in [0.29, 0.717) is 25.7 Å². The van der Waals surface area contributed by atoms with Crippen LogP contribution in [-0.2, 0) is 20.5 Å². The van der Waals surface area contributed by atoms with Gasteiger partial charge in [0, 0.05) is 24.7 Å². The third-order valence-corrected chi connectivity index (χ3v) is 6.07. The van der Waals surface area contributed by atoms with Crippen molar-refractivity contribution in [2.24, 2.45) is 23.7 Å². The fraction of sp³-hybridized carbons (Fsp3) is 0.571. The number of Topliss-reactive ketones (excluding diaryl/α,β-unsaturated/α-hetero) is 1. The van der Waals surface area contributed by atoms with Gasteiger partial charge in [-0.05, 0) is 63.1 Å². The Labute approximate surface area is 206 Å². The highest BCUT2D eigenvalue weighted by molar-refractivity contribution is 5.84. The molecule has 194 valence electrons.